The van der Waals surface area contributed by atoms with Gasteiger partial charge in [-0.1, -0.05) is 37.3 Å². The number of carbonyl (C=O) groups excluding carboxylic acids is 2. The van der Waals surface area contributed by atoms with Crippen LogP contribution in [0.25, 0.3) is 0 Å². The van der Waals surface area contributed by atoms with Gasteiger partial charge >= 0.3 is 0 Å². The number of hydrogen-bond acceptors (Lipinski definition) is 4. The van der Waals surface area contributed by atoms with Crippen molar-refractivity contribution in [3.63, 3.8) is 0 Å². The Balaban J connectivity index is 1.77. The van der Waals surface area contributed by atoms with Crippen LogP contribution in [0.5, 0.6) is 5.75 Å². The molecule has 6 nitrogen and oxygen atoms in total. The van der Waals surface area contributed by atoms with Gasteiger partial charge in [0.25, 0.3) is 11.8 Å². The molecule has 0 saturated heterocycles. The Morgan fingerprint density at radius 3 is 2.34 bits per heavy atom. The van der Waals surface area contributed by atoms with Crippen molar-refractivity contribution >= 4 is 23.2 Å². The number of aromatic nitrogens is 1. The number of hydrogen-bond donors (Lipinski definition) is 2. The van der Waals surface area contributed by atoms with E-state index in [0.29, 0.717) is 23.6 Å². The fourth-order valence-corrected chi connectivity index (χ4v) is 2.88. The Morgan fingerprint density at radius 2 is 1.59 bits per heavy atom. The number of aryl methyl sites for hydroxylation is 1. The van der Waals surface area contributed by atoms with Crippen molar-refractivity contribution in [1.82, 2.24) is 4.98 Å². The minimum Gasteiger partial charge on any atom is -0.492 e. The number of rotatable bonds is 7. The molecule has 2 aromatic carbocycles. The standard InChI is InChI=1S/C23H23N3O3/c1-3-16-9-5-6-10-18(16)25-22(27)17-13-14-24-20(15-17)23(28)26-19-11-7-8-12-21(19)29-4-2/h5-15H,3-4H2,1-2H3,(H,25,27)(H,26,28). The van der Waals surface area contributed by atoms with Gasteiger partial charge < -0.3 is 15.4 Å². The first-order chi connectivity index (χ1) is 14.1. The maximum Gasteiger partial charge on any atom is 0.274 e. The Labute approximate surface area is 169 Å². The molecule has 0 aliphatic heterocycles. The first kappa shape index (κ1) is 20.1. The lowest BCUT2D eigenvalue weighted by Crippen LogP contribution is -2.17. The van der Waals surface area contributed by atoms with Gasteiger partial charge in [0.1, 0.15) is 11.4 Å². The van der Waals surface area contributed by atoms with Crippen molar-refractivity contribution < 1.29 is 14.3 Å². The number of amides is 2. The lowest BCUT2D eigenvalue weighted by molar-refractivity contribution is 0.102. The van der Waals surface area contributed by atoms with Crippen molar-refractivity contribution in [1.29, 1.82) is 0 Å². The van der Waals surface area contributed by atoms with E-state index in [1.165, 1.54) is 12.3 Å². The molecule has 3 aromatic rings. The molecule has 0 bridgehead atoms. The maximum absolute atomic E-state index is 12.7. The molecule has 0 saturated carbocycles. The number of ether oxygens (including phenoxy) is 1. The topological polar surface area (TPSA) is 80.3 Å². The molecule has 0 atom stereocenters. The van der Waals surface area contributed by atoms with Crippen LogP contribution in [0.4, 0.5) is 11.4 Å². The van der Waals surface area contributed by atoms with Gasteiger partial charge in [0.05, 0.1) is 12.3 Å². The van der Waals surface area contributed by atoms with E-state index in [4.69, 9.17) is 4.74 Å². The van der Waals surface area contributed by atoms with Gasteiger partial charge in [-0.3, -0.25) is 14.6 Å². The van der Waals surface area contributed by atoms with Gasteiger partial charge in [0.15, 0.2) is 0 Å². The van der Waals surface area contributed by atoms with Crippen LogP contribution in [0, 0.1) is 0 Å². The number of anilines is 2. The van der Waals surface area contributed by atoms with E-state index < -0.39 is 5.91 Å². The van der Waals surface area contributed by atoms with Crippen LogP contribution in [0.15, 0.2) is 66.9 Å². The van der Waals surface area contributed by atoms with Crippen molar-refractivity contribution in [3.8, 4) is 5.75 Å². The summed E-state index contributed by atoms with van der Waals surface area (Å²) in [5, 5.41) is 5.69. The summed E-state index contributed by atoms with van der Waals surface area (Å²) in [5.74, 6) is -0.133. The summed E-state index contributed by atoms with van der Waals surface area (Å²) in [6.07, 6.45) is 2.25. The monoisotopic (exact) mass is 389 g/mol. The lowest BCUT2D eigenvalue weighted by Gasteiger charge is -2.12. The SMILES string of the molecule is CCOc1ccccc1NC(=O)c1cc(C(=O)Nc2ccccc2CC)ccn1. The Hall–Kier alpha value is -3.67. The van der Waals surface area contributed by atoms with Gasteiger partial charge in [-0.05, 0) is 49.2 Å². The smallest absolute Gasteiger partial charge is 0.274 e. The number of para-hydroxylation sites is 3. The Kier molecular flexibility index (Phi) is 6.58. The van der Waals surface area contributed by atoms with Gasteiger partial charge in [-0.25, -0.2) is 0 Å². The van der Waals surface area contributed by atoms with E-state index in [1.54, 1.807) is 24.3 Å². The van der Waals surface area contributed by atoms with E-state index in [0.717, 1.165) is 17.7 Å². The zero-order valence-electron chi connectivity index (χ0n) is 16.4. The van der Waals surface area contributed by atoms with Crippen molar-refractivity contribution in [2.45, 2.75) is 20.3 Å². The van der Waals surface area contributed by atoms with Crippen molar-refractivity contribution in [2.75, 3.05) is 17.2 Å². The first-order valence-corrected chi connectivity index (χ1v) is 9.50. The zero-order valence-corrected chi connectivity index (χ0v) is 16.4. The molecular formula is C23H23N3O3. The predicted molar refractivity (Wildman–Crippen MR) is 114 cm³/mol. The third kappa shape index (κ3) is 4.99. The third-order valence-corrected chi connectivity index (χ3v) is 4.34. The summed E-state index contributed by atoms with van der Waals surface area (Å²) < 4.78 is 5.52. The van der Waals surface area contributed by atoms with E-state index in [-0.39, 0.29) is 11.6 Å². The fourth-order valence-electron chi connectivity index (χ4n) is 2.88. The summed E-state index contributed by atoms with van der Waals surface area (Å²) in [4.78, 5) is 29.4. The molecule has 0 radical (unpaired) electrons. The van der Waals surface area contributed by atoms with Gasteiger partial charge in [0, 0.05) is 17.4 Å². The average molecular weight is 389 g/mol. The first-order valence-electron chi connectivity index (χ1n) is 9.50. The molecule has 0 aliphatic carbocycles. The van der Waals surface area contributed by atoms with Crippen molar-refractivity contribution in [2.24, 2.45) is 0 Å². The van der Waals surface area contributed by atoms with E-state index in [1.807, 2.05) is 44.2 Å². The quantitative estimate of drug-likeness (QED) is 0.621. The molecule has 148 valence electrons. The molecule has 1 heterocycles. The molecule has 0 fully saturated rings. The van der Waals surface area contributed by atoms with Gasteiger partial charge in [-0.15, -0.1) is 0 Å². The molecule has 0 aliphatic rings. The molecular weight excluding hydrogens is 366 g/mol. The molecule has 29 heavy (non-hydrogen) atoms. The minimum absolute atomic E-state index is 0.146. The Morgan fingerprint density at radius 1 is 0.897 bits per heavy atom. The number of pyridine rings is 1. The van der Waals surface area contributed by atoms with Crippen LogP contribution in [0.3, 0.4) is 0 Å². The largest absolute Gasteiger partial charge is 0.492 e. The highest BCUT2D eigenvalue weighted by atomic mass is 16.5. The van der Waals surface area contributed by atoms with E-state index in [9.17, 15) is 9.59 Å². The van der Waals surface area contributed by atoms with Gasteiger partial charge in [-0.2, -0.15) is 0 Å². The van der Waals surface area contributed by atoms with Crippen LogP contribution in [-0.2, 0) is 6.42 Å². The molecule has 2 N–H and O–H groups in total. The highest BCUT2D eigenvalue weighted by molar-refractivity contribution is 6.08. The molecule has 0 spiro atoms. The second-order valence-corrected chi connectivity index (χ2v) is 6.28. The number of nitrogens with one attached hydrogen (secondary N) is 2. The van der Waals surface area contributed by atoms with Crippen LogP contribution in [-0.4, -0.2) is 23.4 Å². The molecule has 2 amide bonds. The van der Waals surface area contributed by atoms with E-state index >= 15 is 0 Å². The highest BCUT2D eigenvalue weighted by Gasteiger charge is 2.14. The average Bonchev–Trinajstić information content (AvgIpc) is 2.75. The zero-order chi connectivity index (χ0) is 20.6. The minimum atomic E-state index is -0.416. The van der Waals surface area contributed by atoms with Crippen LogP contribution >= 0.6 is 0 Å². The number of nitrogens with zero attached hydrogens (tertiary/aromatic N) is 1. The van der Waals surface area contributed by atoms with Crippen molar-refractivity contribution in [3.05, 3.63) is 83.7 Å². The summed E-state index contributed by atoms with van der Waals surface area (Å²) in [6.45, 7) is 4.39. The number of benzene rings is 2. The van der Waals surface area contributed by atoms with Crippen LogP contribution in [0.2, 0.25) is 0 Å². The fraction of sp³-hybridized carbons (Fsp3) is 0.174. The summed E-state index contributed by atoms with van der Waals surface area (Å²) in [7, 11) is 0. The summed E-state index contributed by atoms with van der Waals surface area (Å²) in [6, 6.07) is 17.9. The molecule has 6 heteroatoms. The summed E-state index contributed by atoms with van der Waals surface area (Å²) >= 11 is 0. The lowest BCUT2D eigenvalue weighted by atomic mass is 10.1. The van der Waals surface area contributed by atoms with Crippen LogP contribution < -0.4 is 15.4 Å². The second-order valence-electron chi connectivity index (χ2n) is 6.28. The number of carbonyl (C=O) groups is 2. The molecule has 1 aromatic heterocycles. The van der Waals surface area contributed by atoms with E-state index in [2.05, 4.69) is 15.6 Å². The van der Waals surface area contributed by atoms with Crippen LogP contribution in [0.1, 0.15) is 40.3 Å². The molecule has 0 unspecified atom stereocenters. The normalized spacial score (nSPS) is 10.3. The summed E-state index contributed by atoms with van der Waals surface area (Å²) in [5.41, 5.74) is 2.85. The third-order valence-electron chi connectivity index (χ3n) is 4.34. The maximum atomic E-state index is 12.7. The predicted octanol–water partition coefficient (Wildman–Crippen LogP) is 4.55. The second kappa shape index (κ2) is 9.50. The Bertz CT molecular complexity index is 1020. The molecule has 3 rings (SSSR count). The van der Waals surface area contributed by atoms with Gasteiger partial charge in [0.2, 0.25) is 0 Å². The highest BCUT2D eigenvalue weighted by Crippen LogP contribution is 2.24.